The van der Waals surface area contributed by atoms with Gasteiger partial charge in [0.2, 0.25) is 0 Å². The largest absolute Gasteiger partial charge is 0.256 e. The Bertz CT molecular complexity index is 487. The molecule has 0 bridgehead atoms. The minimum absolute atomic E-state index is 0.0374. The van der Waals surface area contributed by atoms with Crippen LogP contribution in [0.4, 0.5) is 0 Å². The van der Waals surface area contributed by atoms with E-state index >= 15 is 0 Å². The molecule has 1 aliphatic rings. The molecule has 1 heterocycles. The quantitative estimate of drug-likeness (QED) is 0.463. The zero-order chi connectivity index (χ0) is 10.5. The Labute approximate surface area is 116 Å². The Morgan fingerprint density at radius 3 is 2.53 bits per heavy atom. The number of halogens is 2. The summed E-state index contributed by atoms with van der Waals surface area (Å²) in [4.78, 5) is 4.49. The predicted octanol–water partition coefficient (Wildman–Crippen LogP) is 4.13. The van der Waals surface area contributed by atoms with Crippen LogP contribution in [0.1, 0.15) is 11.1 Å². The molecule has 15 heavy (non-hydrogen) atoms. The monoisotopic (exact) mass is 419 g/mol. The molecule has 1 aromatic heterocycles. The predicted molar refractivity (Wildman–Crippen MR) is 78.5 cm³/mol. The molecule has 74 valence electrons. The minimum Gasteiger partial charge on any atom is -0.256 e. The van der Waals surface area contributed by atoms with Crippen LogP contribution >= 0.6 is 45.2 Å². The maximum atomic E-state index is 4.49. The van der Waals surface area contributed by atoms with Crippen molar-refractivity contribution in [3.63, 3.8) is 0 Å². The fourth-order valence-electron chi connectivity index (χ4n) is 1.98. The van der Waals surface area contributed by atoms with Gasteiger partial charge < -0.3 is 0 Å². The molecule has 0 saturated carbocycles. The minimum atomic E-state index is 0.0374. The van der Waals surface area contributed by atoms with Gasteiger partial charge in [0.25, 0.3) is 0 Å². The highest BCUT2D eigenvalue weighted by Crippen LogP contribution is 2.56. The van der Waals surface area contributed by atoms with E-state index in [1.54, 1.807) is 0 Å². The van der Waals surface area contributed by atoms with E-state index < -0.39 is 0 Å². The highest BCUT2D eigenvalue weighted by molar-refractivity contribution is 14.2. The van der Waals surface area contributed by atoms with Gasteiger partial charge in [-0.25, -0.2) is 0 Å². The van der Waals surface area contributed by atoms with E-state index in [1.807, 2.05) is 12.3 Å². The molecule has 3 rings (SSSR count). The zero-order valence-electron chi connectivity index (χ0n) is 7.74. The van der Waals surface area contributed by atoms with E-state index in [2.05, 4.69) is 80.5 Å². The Kier molecular flexibility index (Phi) is 2.28. The van der Waals surface area contributed by atoms with Crippen molar-refractivity contribution >= 4 is 45.2 Å². The first-order valence-electron chi connectivity index (χ1n) is 4.64. The number of hydrogen-bond acceptors (Lipinski definition) is 1. The lowest BCUT2D eigenvalue weighted by molar-refractivity contribution is 1.20. The van der Waals surface area contributed by atoms with E-state index in [9.17, 15) is 0 Å². The molecule has 0 atom stereocenters. The SMILES string of the molecule is IC1(I)c2ccccc2-c2ncccc21. The van der Waals surface area contributed by atoms with Gasteiger partial charge in [-0.05, 0) is 11.6 Å². The van der Waals surface area contributed by atoms with Gasteiger partial charge in [0, 0.05) is 17.3 Å². The van der Waals surface area contributed by atoms with Gasteiger partial charge in [-0.2, -0.15) is 0 Å². The van der Waals surface area contributed by atoms with Crippen molar-refractivity contribution in [1.29, 1.82) is 0 Å². The molecule has 0 aliphatic heterocycles. The smallest absolute Gasteiger partial charge is 0.126 e. The van der Waals surface area contributed by atoms with Crippen molar-refractivity contribution in [3.05, 3.63) is 53.7 Å². The molecular weight excluding hydrogens is 412 g/mol. The second-order valence-corrected chi connectivity index (χ2v) is 8.82. The zero-order valence-corrected chi connectivity index (χ0v) is 12.1. The molecule has 0 saturated heterocycles. The fourth-order valence-corrected chi connectivity index (χ4v) is 3.79. The summed E-state index contributed by atoms with van der Waals surface area (Å²) < 4.78 is 0.0374. The second kappa shape index (κ2) is 3.41. The van der Waals surface area contributed by atoms with Crippen LogP contribution < -0.4 is 0 Å². The van der Waals surface area contributed by atoms with Crippen molar-refractivity contribution in [2.45, 2.75) is 1.43 Å². The summed E-state index contributed by atoms with van der Waals surface area (Å²) in [6.07, 6.45) is 1.87. The average Bonchev–Trinajstić information content (AvgIpc) is 2.51. The molecule has 1 aliphatic carbocycles. The van der Waals surface area contributed by atoms with Gasteiger partial charge >= 0.3 is 0 Å². The van der Waals surface area contributed by atoms with Crippen LogP contribution in [0.15, 0.2) is 42.6 Å². The summed E-state index contributed by atoms with van der Waals surface area (Å²) in [5.41, 5.74) is 5.08. The van der Waals surface area contributed by atoms with Gasteiger partial charge in [0.15, 0.2) is 0 Å². The number of rotatable bonds is 0. The van der Waals surface area contributed by atoms with E-state index in [1.165, 1.54) is 16.7 Å². The van der Waals surface area contributed by atoms with Crippen LogP contribution in [-0.4, -0.2) is 4.98 Å². The lowest BCUT2D eigenvalue weighted by atomic mass is 10.1. The van der Waals surface area contributed by atoms with Crippen molar-refractivity contribution in [1.82, 2.24) is 4.98 Å². The van der Waals surface area contributed by atoms with Crippen molar-refractivity contribution in [3.8, 4) is 11.3 Å². The summed E-state index contributed by atoms with van der Waals surface area (Å²) in [5.74, 6) is 0. The van der Waals surface area contributed by atoms with Gasteiger partial charge in [-0.3, -0.25) is 4.98 Å². The molecule has 2 aromatic rings. The molecule has 0 radical (unpaired) electrons. The van der Waals surface area contributed by atoms with E-state index in [0.29, 0.717) is 0 Å². The molecule has 0 amide bonds. The lowest BCUT2D eigenvalue weighted by Crippen LogP contribution is -2.05. The third kappa shape index (κ3) is 1.35. The van der Waals surface area contributed by atoms with E-state index in [0.717, 1.165) is 5.69 Å². The maximum absolute atomic E-state index is 4.49. The summed E-state index contributed by atoms with van der Waals surface area (Å²) in [5, 5.41) is 0. The highest BCUT2D eigenvalue weighted by Gasteiger charge is 2.39. The number of nitrogens with zero attached hydrogens (tertiary/aromatic N) is 1. The fraction of sp³-hybridized carbons (Fsp3) is 0.0833. The molecule has 0 fully saturated rings. The Morgan fingerprint density at radius 1 is 0.933 bits per heavy atom. The van der Waals surface area contributed by atoms with Crippen LogP contribution in [-0.2, 0) is 1.43 Å². The normalized spacial score (nSPS) is 15.9. The molecule has 3 heteroatoms. The number of alkyl halides is 2. The first-order valence-corrected chi connectivity index (χ1v) is 6.80. The topological polar surface area (TPSA) is 12.9 Å². The molecule has 0 N–H and O–H groups in total. The number of benzene rings is 1. The summed E-state index contributed by atoms with van der Waals surface area (Å²) >= 11 is 4.99. The molecule has 0 unspecified atom stereocenters. The summed E-state index contributed by atoms with van der Waals surface area (Å²) in [6, 6.07) is 12.7. The second-order valence-electron chi connectivity index (χ2n) is 3.52. The van der Waals surface area contributed by atoms with Crippen LogP contribution in [0.25, 0.3) is 11.3 Å². The first kappa shape index (κ1) is 10.0. The molecular formula is C12H7I2N. The van der Waals surface area contributed by atoms with Crippen molar-refractivity contribution in [2.75, 3.05) is 0 Å². The van der Waals surface area contributed by atoms with E-state index in [4.69, 9.17) is 0 Å². The number of hydrogen-bond donors (Lipinski definition) is 0. The maximum Gasteiger partial charge on any atom is 0.126 e. The lowest BCUT2D eigenvalue weighted by Gasteiger charge is -2.15. The summed E-state index contributed by atoms with van der Waals surface area (Å²) in [6.45, 7) is 0. The van der Waals surface area contributed by atoms with E-state index in [-0.39, 0.29) is 1.43 Å². The Balaban J connectivity index is 2.42. The van der Waals surface area contributed by atoms with Crippen molar-refractivity contribution < 1.29 is 0 Å². The average molecular weight is 419 g/mol. The van der Waals surface area contributed by atoms with Gasteiger partial charge in [-0.1, -0.05) is 75.5 Å². The first-order chi connectivity index (χ1) is 7.21. The molecule has 0 spiro atoms. The highest BCUT2D eigenvalue weighted by atomic mass is 127. The number of pyridine rings is 1. The van der Waals surface area contributed by atoms with Crippen LogP contribution in [0.3, 0.4) is 0 Å². The summed E-state index contributed by atoms with van der Waals surface area (Å²) in [7, 11) is 0. The Hall–Kier alpha value is -0.170. The number of aromatic nitrogens is 1. The molecule has 1 nitrogen and oxygen atoms in total. The van der Waals surface area contributed by atoms with Crippen molar-refractivity contribution in [2.24, 2.45) is 0 Å². The third-order valence-electron chi connectivity index (χ3n) is 2.67. The van der Waals surface area contributed by atoms with Gasteiger partial charge in [0.05, 0.1) is 5.69 Å². The van der Waals surface area contributed by atoms with Gasteiger partial charge in [-0.15, -0.1) is 0 Å². The molecule has 1 aromatic carbocycles. The van der Waals surface area contributed by atoms with Gasteiger partial charge in [0.1, 0.15) is 1.43 Å². The van der Waals surface area contributed by atoms with Crippen LogP contribution in [0.5, 0.6) is 0 Å². The third-order valence-corrected chi connectivity index (χ3v) is 4.99. The number of fused-ring (bicyclic) bond motifs is 3. The Morgan fingerprint density at radius 2 is 1.67 bits per heavy atom. The van der Waals surface area contributed by atoms with Crippen LogP contribution in [0.2, 0.25) is 0 Å². The van der Waals surface area contributed by atoms with Crippen LogP contribution in [0, 0.1) is 0 Å². The standard InChI is InChI=1S/C12H7I2N/c13-12(14)9-5-2-1-4-8(9)11-10(12)6-3-7-15-11/h1-7H.